The third kappa shape index (κ3) is 4.33. The summed E-state index contributed by atoms with van der Waals surface area (Å²) in [5.74, 6) is 0.210. The fourth-order valence-electron chi connectivity index (χ4n) is 3.38. The van der Waals surface area contributed by atoms with Gasteiger partial charge in [0.15, 0.2) is 0 Å². The highest BCUT2D eigenvalue weighted by Gasteiger charge is 2.23. The molecule has 1 N–H and O–H groups in total. The molecule has 0 bridgehead atoms. The van der Waals surface area contributed by atoms with Gasteiger partial charge in [0.2, 0.25) is 5.91 Å². The van der Waals surface area contributed by atoms with Gasteiger partial charge >= 0.3 is 0 Å². The minimum absolute atomic E-state index is 0.0320. The topological polar surface area (TPSA) is 60.3 Å². The molecule has 0 spiro atoms. The number of benzene rings is 2. The number of nitrogens with zero attached hydrogens (tertiary/aromatic N) is 1. The van der Waals surface area contributed by atoms with Gasteiger partial charge in [-0.2, -0.15) is 0 Å². The van der Waals surface area contributed by atoms with Crippen LogP contribution in [0.5, 0.6) is 5.75 Å². The quantitative estimate of drug-likeness (QED) is 0.554. The lowest BCUT2D eigenvalue weighted by atomic mass is 10.1. The van der Waals surface area contributed by atoms with Crippen molar-refractivity contribution in [3.8, 4) is 5.75 Å². The molecule has 5 nitrogen and oxygen atoms in total. The Morgan fingerprint density at radius 2 is 1.86 bits per heavy atom. The van der Waals surface area contributed by atoms with E-state index in [0.717, 1.165) is 15.4 Å². The van der Waals surface area contributed by atoms with Crippen LogP contribution in [0.25, 0.3) is 10.9 Å². The number of nitrogens with one attached hydrogen (secondary N) is 1. The van der Waals surface area contributed by atoms with Gasteiger partial charge in [0.05, 0.1) is 24.1 Å². The molecular formula is C22H22BrClN2O3. The van der Waals surface area contributed by atoms with Crippen molar-refractivity contribution in [3.05, 3.63) is 62.7 Å². The maximum absolute atomic E-state index is 13.3. The second kappa shape index (κ2) is 8.59. The molecule has 0 unspecified atom stereocenters. The highest BCUT2D eigenvalue weighted by molar-refractivity contribution is 9.10. The van der Waals surface area contributed by atoms with Crippen molar-refractivity contribution in [3.63, 3.8) is 0 Å². The van der Waals surface area contributed by atoms with Crippen LogP contribution < -0.4 is 10.1 Å². The largest absolute Gasteiger partial charge is 0.495 e. The number of rotatable bonds is 5. The summed E-state index contributed by atoms with van der Waals surface area (Å²) >= 11 is 9.74. The summed E-state index contributed by atoms with van der Waals surface area (Å²) in [5.41, 5.74) is 2.67. The maximum Gasteiger partial charge on any atom is 0.262 e. The predicted octanol–water partition coefficient (Wildman–Crippen LogP) is 5.13. The Hall–Kier alpha value is -2.31. The van der Waals surface area contributed by atoms with Crippen LogP contribution in [-0.4, -0.2) is 29.5 Å². The molecule has 0 saturated carbocycles. The minimum Gasteiger partial charge on any atom is -0.495 e. The van der Waals surface area contributed by atoms with Gasteiger partial charge in [-0.25, -0.2) is 0 Å². The van der Waals surface area contributed by atoms with E-state index in [1.54, 1.807) is 28.8 Å². The van der Waals surface area contributed by atoms with Crippen LogP contribution in [0.4, 0.5) is 0 Å². The molecule has 0 atom stereocenters. The zero-order valence-corrected chi connectivity index (χ0v) is 19.0. The van der Waals surface area contributed by atoms with Gasteiger partial charge in [-0.15, -0.1) is 0 Å². The normalized spacial score (nSPS) is 11.1. The fraction of sp³-hybridized carbons (Fsp3) is 0.273. The van der Waals surface area contributed by atoms with Crippen molar-refractivity contribution in [1.29, 1.82) is 0 Å². The first kappa shape index (κ1) is 21.4. The Balaban J connectivity index is 2.20. The van der Waals surface area contributed by atoms with E-state index in [9.17, 15) is 9.59 Å². The van der Waals surface area contributed by atoms with Crippen molar-refractivity contribution < 1.29 is 14.3 Å². The van der Waals surface area contributed by atoms with Crippen LogP contribution in [0.2, 0.25) is 5.02 Å². The number of carbonyl (C=O) groups excluding carboxylic acids is 2. The van der Waals surface area contributed by atoms with Gasteiger partial charge in [0.1, 0.15) is 5.75 Å². The van der Waals surface area contributed by atoms with Gasteiger partial charge in [0, 0.05) is 27.2 Å². The lowest BCUT2D eigenvalue weighted by Crippen LogP contribution is -2.31. The zero-order chi connectivity index (χ0) is 21.3. The second-order valence-corrected chi connectivity index (χ2v) is 8.44. The van der Waals surface area contributed by atoms with Gasteiger partial charge in [-0.3, -0.25) is 14.2 Å². The van der Waals surface area contributed by atoms with Crippen LogP contribution in [0, 0.1) is 6.92 Å². The van der Waals surface area contributed by atoms with Gasteiger partial charge in [-0.05, 0) is 62.7 Å². The molecule has 0 fully saturated rings. The molecule has 2 aromatic carbocycles. The highest BCUT2D eigenvalue weighted by atomic mass is 79.9. The standard InChI is InChI=1S/C22H22BrClN2O3/c1-12(2)25-21(27)10-16-13(3)26(22(28)14-5-7-15(23)8-6-14)19-11-18(24)20(29-4)9-17(16)19/h5-9,11-12H,10H2,1-4H3,(H,25,27). The lowest BCUT2D eigenvalue weighted by molar-refractivity contribution is -0.120. The predicted molar refractivity (Wildman–Crippen MR) is 119 cm³/mol. The summed E-state index contributed by atoms with van der Waals surface area (Å²) in [5, 5.41) is 4.08. The first-order chi connectivity index (χ1) is 13.7. The number of fused-ring (bicyclic) bond motifs is 1. The third-order valence-electron chi connectivity index (χ3n) is 4.69. The number of hydrogen-bond acceptors (Lipinski definition) is 3. The van der Waals surface area contributed by atoms with Crippen molar-refractivity contribution >= 4 is 50.2 Å². The average Bonchev–Trinajstić information content (AvgIpc) is 2.91. The molecule has 1 heterocycles. The summed E-state index contributed by atoms with van der Waals surface area (Å²) in [4.78, 5) is 25.8. The van der Waals surface area contributed by atoms with E-state index in [1.165, 1.54) is 7.11 Å². The Kier molecular flexibility index (Phi) is 6.34. The number of methoxy groups -OCH3 is 1. The molecule has 0 radical (unpaired) electrons. The first-order valence-corrected chi connectivity index (χ1v) is 10.4. The van der Waals surface area contributed by atoms with Crippen molar-refractivity contribution in [1.82, 2.24) is 9.88 Å². The SMILES string of the molecule is COc1cc2c(CC(=O)NC(C)C)c(C)n(C(=O)c3ccc(Br)cc3)c2cc1Cl. The van der Waals surface area contributed by atoms with Crippen molar-refractivity contribution in [2.24, 2.45) is 0 Å². The average molecular weight is 478 g/mol. The molecule has 0 aliphatic carbocycles. The monoisotopic (exact) mass is 476 g/mol. The first-order valence-electron chi connectivity index (χ1n) is 9.20. The van der Waals surface area contributed by atoms with E-state index in [-0.39, 0.29) is 24.3 Å². The lowest BCUT2D eigenvalue weighted by Gasteiger charge is -2.09. The molecule has 0 aliphatic heterocycles. The second-order valence-electron chi connectivity index (χ2n) is 7.11. The number of halogens is 2. The molecule has 3 rings (SSSR count). The van der Waals surface area contributed by atoms with Gasteiger partial charge in [0.25, 0.3) is 5.91 Å². The van der Waals surface area contributed by atoms with Crippen LogP contribution in [-0.2, 0) is 11.2 Å². The Labute approximate surface area is 183 Å². The van der Waals surface area contributed by atoms with Gasteiger partial charge < -0.3 is 10.1 Å². The molecule has 7 heteroatoms. The summed E-state index contributed by atoms with van der Waals surface area (Å²) in [6.07, 6.45) is 0.159. The van der Waals surface area contributed by atoms with Crippen LogP contribution in [0.15, 0.2) is 40.9 Å². The molecule has 1 amide bonds. The van der Waals surface area contributed by atoms with Crippen LogP contribution in [0.1, 0.15) is 35.5 Å². The van der Waals surface area contributed by atoms with E-state index in [4.69, 9.17) is 16.3 Å². The molecule has 1 aromatic heterocycles. The Morgan fingerprint density at radius 1 is 1.21 bits per heavy atom. The highest BCUT2D eigenvalue weighted by Crippen LogP contribution is 2.35. The molecule has 152 valence electrons. The van der Waals surface area contributed by atoms with E-state index in [1.807, 2.05) is 32.9 Å². The van der Waals surface area contributed by atoms with Crippen molar-refractivity contribution in [2.45, 2.75) is 33.2 Å². The van der Waals surface area contributed by atoms with E-state index in [0.29, 0.717) is 27.5 Å². The zero-order valence-electron chi connectivity index (χ0n) is 16.7. The summed E-state index contributed by atoms with van der Waals surface area (Å²) < 4.78 is 7.86. The smallest absolute Gasteiger partial charge is 0.262 e. The van der Waals surface area contributed by atoms with Crippen molar-refractivity contribution in [2.75, 3.05) is 7.11 Å². The van der Waals surface area contributed by atoms with Crippen LogP contribution in [0.3, 0.4) is 0 Å². The molecular weight excluding hydrogens is 456 g/mol. The van der Waals surface area contributed by atoms with E-state index in [2.05, 4.69) is 21.2 Å². The number of hydrogen-bond donors (Lipinski definition) is 1. The summed E-state index contributed by atoms with van der Waals surface area (Å²) in [6.45, 7) is 5.66. The number of ether oxygens (including phenoxy) is 1. The van der Waals surface area contributed by atoms with Crippen LogP contribution >= 0.6 is 27.5 Å². The molecule has 0 saturated heterocycles. The summed E-state index contributed by atoms with van der Waals surface area (Å²) in [7, 11) is 1.54. The number of carbonyl (C=O) groups is 2. The number of amides is 1. The van der Waals surface area contributed by atoms with E-state index >= 15 is 0 Å². The molecule has 29 heavy (non-hydrogen) atoms. The summed E-state index contributed by atoms with van der Waals surface area (Å²) in [6, 6.07) is 10.7. The number of aromatic nitrogens is 1. The molecule has 0 aliphatic rings. The van der Waals surface area contributed by atoms with Gasteiger partial charge in [-0.1, -0.05) is 27.5 Å². The Bertz CT molecular complexity index is 1090. The maximum atomic E-state index is 13.3. The Morgan fingerprint density at radius 3 is 2.45 bits per heavy atom. The minimum atomic E-state index is -0.184. The van der Waals surface area contributed by atoms with E-state index < -0.39 is 0 Å². The third-order valence-corrected chi connectivity index (χ3v) is 5.51. The fourth-order valence-corrected chi connectivity index (χ4v) is 3.88. The molecule has 3 aromatic rings.